The molecule has 0 saturated carbocycles. The summed E-state index contributed by atoms with van der Waals surface area (Å²) in [4.78, 5) is 0. The molecule has 0 radical (unpaired) electrons. The number of alkyl halides is 16. The summed E-state index contributed by atoms with van der Waals surface area (Å²) in [5, 5.41) is 0. The largest absolute Gasteiger partial charge is 0.455 e. The van der Waals surface area contributed by atoms with E-state index in [9.17, 15) is 105 Å². The molecule has 0 heterocycles. The monoisotopic (exact) mass is 794 g/mol. The molecule has 45 heavy (non-hydrogen) atoms. The maximum absolute atomic E-state index is 14.4. The highest BCUT2D eigenvalue weighted by molar-refractivity contribution is 7.76. The van der Waals surface area contributed by atoms with Gasteiger partial charge < -0.3 is 4.74 Å². The van der Waals surface area contributed by atoms with Gasteiger partial charge >= 0.3 is 60.3 Å². The third kappa shape index (κ3) is 8.19. The summed E-state index contributed by atoms with van der Waals surface area (Å²) >= 11 is 8.42. The van der Waals surface area contributed by atoms with Gasteiger partial charge in [0.1, 0.15) is 0 Å². The van der Waals surface area contributed by atoms with Crippen LogP contribution in [-0.4, -0.2) is 73.6 Å². The second kappa shape index (κ2) is 13.1. The first-order valence-corrected chi connectivity index (χ1v) is 11.9. The molecule has 2 atom stereocenters. The van der Waals surface area contributed by atoms with E-state index in [1.165, 1.54) is 0 Å². The molecular formula is C14Cl2F20O7S2. The molecule has 0 fully saturated rings. The maximum atomic E-state index is 14.4. The van der Waals surface area contributed by atoms with E-state index in [0.717, 1.165) is 0 Å². The van der Waals surface area contributed by atoms with Gasteiger partial charge in [0.05, 0.1) is 0 Å². The minimum Gasteiger partial charge on any atom is -0.442 e. The molecule has 0 aromatic carbocycles. The lowest BCUT2D eigenvalue weighted by molar-refractivity contribution is -0.445. The Labute approximate surface area is 243 Å². The van der Waals surface area contributed by atoms with Crippen LogP contribution in [0.1, 0.15) is 0 Å². The van der Waals surface area contributed by atoms with Crippen molar-refractivity contribution >= 4 is 52.4 Å². The number of hydrogen-bond donors (Lipinski definition) is 0. The van der Waals surface area contributed by atoms with E-state index in [1.54, 1.807) is 0 Å². The second-order valence-corrected chi connectivity index (χ2v) is 9.83. The molecule has 7 nitrogen and oxygen atoms in total. The summed E-state index contributed by atoms with van der Waals surface area (Å²) in [6, 6.07) is 0. The highest BCUT2D eigenvalue weighted by atomic mass is 35.5. The number of rotatable bonds is 12. The van der Waals surface area contributed by atoms with Crippen molar-refractivity contribution in [2.45, 2.75) is 48.1 Å². The van der Waals surface area contributed by atoms with Crippen LogP contribution in [0.5, 0.6) is 0 Å². The lowest BCUT2D eigenvalue weighted by atomic mass is 10.1. The number of ether oxygens (including phenoxy) is 3. The normalized spacial score (nSPS) is 16.2. The van der Waals surface area contributed by atoms with E-state index in [4.69, 9.17) is 0 Å². The molecule has 0 aliphatic carbocycles. The summed E-state index contributed by atoms with van der Waals surface area (Å²) in [6.07, 6.45) is -39.6. The topological polar surface area (TPSA) is 96.0 Å². The van der Waals surface area contributed by atoms with Crippen molar-refractivity contribution in [2.75, 3.05) is 0 Å². The van der Waals surface area contributed by atoms with Gasteiger partial charge in [-0.15, -0.1) is 0 Å². The van der Waals surface area contributed by atoms with E-state index in [2.05, 4.69) is 27.9 Å². The van der Waals surface area contributed by atoms with Gasteiger partial charge in [0, 0.05) is 0 Å². The van der Waals surface area contributed by atoms with Crippen molar-refractivity contribution in [3.63, 3.8) is 0 Å². The number of hydrogen-bond acceptors (Lipinski definition) is 7. The summed E-state index contributed by atoms with van der Waals surface area (Å²) in [5.41, 5.74) is 0. The SMILES string of the molecule is O=S(=O)=C(Cl)C(F)(F)OC(F)(C(F)(F)F)C(F)(F)C(OC(=C(F)F)C(F)(F)C(F)(OC(F)(F)C(Cl)=S(=O)=O)C(F)(F)F)=C(F)F. The second-order valence-electron chi connectivity index (χ2n) is 6.87. The molecule has 0 saturated heterocycles. The van der Waals surface area contributed by atoms with Gasteiger partial charge in [0.15, 0.2) is 0 Å². The summed E-state index contributed by atoms with van der Waals surface area (Å²) in [6.45, 7) is 0. The van der Waals surface area contributed by atoms with E-state index < -0.39 is 101 Å². The Morgan fingerprint density at radius 1 is 0.467 bits per heavy atom. The first kappa shape index (κ1) is 42.8. The Balaban J connectivity index is 7.70. The minimum atomic E-state index is -8.09. The smallest absolute Gasteiger partial charge is 0.442 e. The van der Waals surface area contributed by atoms with Gasteiger partial charge in [-0.3, -0.25) is 9.47 Å². The van der Waals surface area contributed by atoms with E-state index in [-0.39, 0.29) is 0 Å². The lowest BCUT2D eigenvalue weighted by Gasteiger charge is -2.38. The van der Waals surface area contributed by atoms with Gasteiger partial charge in [0.2, 0.25) is 40.8 Å². The van der Waals surface area contributed by atoms with E-state index in [1.807, 2.05) is 9.47 Å². The van der Waals surface area contributed by atoms with Crippen molar-refractivity contribution in [1.29, 1.82) is 0 Å². The Morgan fingerprint density at radius 2 is 0.689 bits per heavy atom. The zero-order valence-corrected chi connectivity index (χ0v) is 22.1. The molecule has 0 spiro atoms. The van der Waals surface area contributed by atoms with Crippen LogP contribution in [0.15, 0.2) is 23.7 Å². The van der Waals surface area contributed by atoms with Crippen LogP contribution in [0.25, 0.3) is 0 Å². The van der Waals surface area contributed by atoms with Crippen LogP contribution in [0.3, 0.4) is 0 Å². The molecule has 0 aliphatic heterocycles. The first-order valence-electron chi connectivity index (χ1n) is 8.96. The first-order chi connectivity index (χ1) is 19.5. The highest BCUT2D eigenvalue weighted by Crippen LogP contribution is 2.57. The summed E-state index contributed by atoms with van der Waals surface area (Å²) < 4.78 is 312. The number of halogens is 22. The Kier molecular flexibility index (Phi) is 12.5. The molecule has 31 heteroatoms. The fraction of sp³-hybridized carbons (Fsp3) is 0.571. The fourth-order valence-corrected chi connectivity index (χ4v) is 2.61. The average Bonchev–Trinajstić information content (AvgIpc) is 2.79. The van der Waals surface area contributed by atoms with Crippen LogP contribution >= 0.6 is 23.2 Å². The summed E-state index contributed by atoms with van der Waals surface area (Å²) in [5.74, 6) is -42.5. The summed E-state index contributed by atoms with van der Waals surface area (Å²) in [7, 11) is -9.48. The van der Waals surface area contributed by atoms with E-state index in [0.29, 0.717) is 0 Å². The molecule has 264 valence electrons. The fourth-order valence-electron chi connectivity index (χ4n) is 2.06. The molecule has 0 amide bonds. The van der Waals surface area contributed by atoms with Gasteiger partial charge in [0.25, 0.3) is 0 Å². The van der Waals surface area contributed by atoms with Gasteiger partial charge in [-0.25, -0.2) is 0 Å². The highest BCUT2D eigenvalue weighted by Gasteiger charge is 2.82. The molecule has 0 aromatic heterocycles. The Bertz CT molecular complexity index is 1380. The minimum absolute atomic E-state index is 1.84. The molecule has 0 aliphatic rings. The Morgan fingerprint density at radius 3 is 0.844 bits per heavy atom. The van der Waals surface area contributed by atoms with Crippen molar-refractivity contribution in [3.8, 4) is 0 Å². The van der Waals surface area contributed by atoms with Gasteiger partial charge in [-0.1, -0.05) is 23.2 Å². The van der Waals surface area contributed by atoms with Crippen LogP contribution < -0.4 is 0 Å². The lowest BCUT2D eigenvalue weighted by Crippen LogP contribution is -2.63. The van der Waals surface area contributed by atoms with Crippen molar-refractivity contribution in [3.05, 3.63) is 23.7 Å². The molecule has 0 rings (SSSR count). The third-order valence-corrected chi connectivity index (χ3v) is 6.20. The molecular weight excluding hydrogens is 795 g/mol. The maximum Gasteiger partial charge on any atom is 0.455 e. The molecule has 0 bridgehead atoms. The molecule has 0 N–H and O–H groups in total. The average molecular weight is 795 g/mol. The van der Waals surface area contributed by atoms with Crippen LogP contribution in [0.2, 0.25) is 0 Å². The molecule has 2 unspecified atom stereocenters. The standard InChI is InChI=1S/C14Cl2F20O7S2/c15-5(44(37)38)9(25,26)42-11(29,13(31,32)33)7(21,22)1(3(17)18)41-2(4(19)20)8(23,24)12(30,14(34,35)36)43-10(27,28)6(16)45(39)40. The zero-order chi connectivity index (χ0) is 36.7. The van der Waals surface area contributed by atoms with Crippen molar-refractivity contribution in [2.24, 2.45) is 0 Å². The predicted octanol–water partition coefficient (Wildman–Crippen LogP) is 6.66. The third-order valence-electron chi connectivity index (χ3n) is 3.94. The van der Waals surface area contributed by atoms with Crippen molar-refractivity contribution < 1.29 is 119 Å². The Hall–Kier alpha value is -2.24. The van der Waals surface area contributed by atoms with Gasteiger partial charge in [-0.05, 0) is 0 Å². The van der Waals surface area contributed by atoms with Crippen LogP contribution in [0.4, 0.5) is 87.8 Å². The molecule has 0 aromatic rings. The predicted molar refractivity (Wildman–Crippen MR) is 101 cm³/mol. The van der Waals surface area contributed by atoms with Crippen molar-refractivity contribution in [1.82, 2.24) is 0 Å². The zero-order valence-electron chi connectivity index (χ0n) is 19.0. The quantitative estimate of drug-likeness (QED) is 0.0945. The van der Waals surface area contributed by atoms with Crippen LogP contribution in [-0.2, 0) is 34.8 Å². The van der Waals surface area contributed by atoms with Crippen LogP contribution in [0, 0.1) is 0 Å². The van der Waals surface area contributed by atoms with Gasteiger partial charge in [-0.2, -0.15) is 105 Å². The van der Waals surface area contributed by atoms with E-state index >= 15 is 0 Å².